The van der Waals surface area contributed by atoms with E-state index in [0.29, 0.717) is 11.5 Å². The van der Waals surface area contributed by atoms with Crippen LogP contribution in [0.1, 0.15) is 79.0 Å². The van der Waals surface area contributed by atoms with Gasteiger partial charge in [0.15, 0.2) is 0 Å². The zero-order valence-corrected chi connectivity index (χ0v) is 41.7. The summed E-state index contributed by atoms with van der Waals surface area (Å²) in [4.78, 5) is 4.98. The summed E-state index contributed by atoms with van der Waals surface area (Å²) in [6.07, 6.45) is 5.73. The van der Waals surface area contributed by atoms with Crippen LogP contribution in [0.2, 0.25) is 0 Å². The molecule has 7 heteroatoms. The van der Waals surface area contributed by atoms with Crippen LogP contribution >= 0.6 is 0 Å². The number of rotatable bonds is 6. The van der Waals surface area contributed by atoms with Crippen LogP contribution in [-0.2, 0) is 37.3 Å². The molecule has 0 saturated heterocycles. The number of ether oxygens (including phenoxy) is 1. The summed E-state index contributed by atoms with van der Waals surface area (Å²) in [5.74, 6) is 1.97. The number of hydrogen-bond acceptors (Lipinski definition) is 2. The van der Waals surface area contributed by atoms with E-state index in [4.69, 9.17) is 9.72 Å². The summed E-state index contributed by atoms with van der Waals surface area (Å²) >= 11 is 0. The maximum atomic E-state index is 7.20. The third-order valence-corrected chi connectivity index (χ3v) is 13.0. The quantitative estimate of drug-likeness (QED) is 0.123. The van der Waals surface area contributed by atoms with Gasteiger partial charge in [0.2, 0.25) is 0 Å². The van der Waals surface area contributed by atoms with Crippen LogP contribution < -0.4 is 9.30 Å². The van der Waals surface area contributed by atoms with Crippen molar-refractivity contribution in [3.63, 3.8) is 0 Å². The van der Waals surface area contributed by atoms with Crippen LogP contribution in [0.4, 0.5) is 0 Å². The Hall–Kier alpha value is -6.75. The first kappa shape index (κ1) is 44.1. The van der Waals surface area contributed by atoms with E-state index < -0.39 is 0 Å². The summed E-state index contributed by atoms with van der Waals surface area (Å²) in [5, 5.41) is 4.51. The topological polar surface area (TPSA) is 40.8 Å². The largest absolute Gasteiger partial charge is 0.508 e. The number of pyridine rings is 1. The van der Waals surface area contributed by atoms with E-state index >= 15 is 0 Å². The fourth-order valence-corrected chi connectivity index (χ4v) is 9.71. The fraction of sp³-hybridized carbons (Fsp3) is 0.200. The van der Waals surface area contributed by atoms with Gasteiger partial charge in [0.25, 0.3) is 6.33 Å². The molecule has 0 saturated carbocycles. The molecule has 0 spiro atoms. The predicted octanol–water partition coefficient (Wildman–Crippen LogP) is 14.6. The van der Waals surface area contributed by atoms with Gasteiger partial charge in [-0.1, -0.05) is 170 Å². The number of imidazole rings is 1. The third kappa shape index (κ3) is 7.47. The van der Waals surface area contributed by atoms with Crippen molar-refractivity contribution >= 4 is 54.6 Å². The molecule has 0 atom stereocenters. The minimum Gasteiger partial charge on any atom is -0.508 e. The zero-order valence-electron chi connectivity index (χ0n) is 39.5. The second kappa shape index (κ2) is 16.2. The number of benzene rings is 7. The van der Waals surface area contributed by atoms with Crippen LogP contribution in [-0.4, -0.2) is 18.7 Å². The van der Waals surface area contributed by atoms with E-state index in [9.17, 15) is 0 Å². The fourth-order valence-electron chi connectivity index (χ4n) is 9.71. The van der Waals surface area contributed by atoms with Crippen molar-refractivity contribution in [1.82, 2.24) is 18.7 Å². The molecule has 0 aliphatic rings. The summed E-state index contributed by atoms with van der Waals surface area (Å²) in [6, 6.07) is 61.2. The molecule has 67 heavy (non-hydrogen) atoms. The average molecular weight is 1060 g/mol. The first-order valence-corrected chi connectivity index (χ1v) is 22.9. The van der Waals surface area contributed by atoms with E-state index in [1.165, 1.54) is 27.5 Å². The van der Waals surface area contributed by atoms with E-state index in [-0.39, 0.29) is 37.3 Å². The van der Waals surface area contributed by atoms with E-state index in [2.05, 4.69) is 239 Å². The molecule has 4 aromatic heterocycles. The average Bonchev–Trinajstić information content (AvgIpc) is 3.96. The molecule has 336 valence electrons. The molecule has 0 amide bonds. The molecule has 0 aliphatic carbocycles. The van der Waals surface area contributed by atoms with Gasteiger partial charge < -0.3 is 18.4 Å². The molecule has 0 radical (unpaired) electrons. The Morgan fingerprint density at radius 3 is 1.69 bits per heavy atom. The van der Waals surface area contributed by atoms with Crippen LogP contribution in [0.25, 0.3) is 77.5 Å². The van der Waals surface area contributed by atoms with Crippen LogP contribution in [0, 0.1) is 18.5 Å². The van der Waals surface area contributed by atoms with Gasteiger partial charge in [0, 0.05) is 66.1 Å². The summed E-state index contributed by atoms with van der Waals surface area (Å²) in [7, 11) is 0. The molecule has 0 aliphatic heterocycles. The van der Waals surface area contributed by atoms with Gasteiger partial charge in [0.05, 0.1) is 16.7 Å². The predicted molar refractivity (Wildman–Crippen MR) is 270 cm³/mol. The minimum atomic E-state index is -0.108. The van der Waals surface area contributed by atoms with Crippen molar-refractivity contribution in [3.05, 3.63) is 193 Å². The Balaban J connectivity index is 0.00000525. The molecule has 0 fully saturated rings. The van der Waals surface area contributed by atoms with E-state index in [0.717, 1.165) is 66.8 Å². The third-order valence-electron chi connectivity index (χ3n) is 13.0. The van der Waals surface area contributed by atoms with E-state index in [1.807, 2.05) is 18.3 Å². The van der Waals surface area contributed by atoms with Crippen LogP contribution in [0.3, 0.4) is 0 Å². The molecule has 0 N–H and O–H groups in total. The van der Waals surface area contributed by atoms with Gasteiger partial charge in [-0.05, 0) is 80.0 Å². The van der Waals surface area contributed by atoms with Gasteiger partial charge >= 0.3 is 0 Å². The standard InChI is InChI=1S/C60H53N5O.Pt/c1-58(2,3)39-32-33-61-56(34-39)65-50-29-15-12-24-44(50)45-36-54(64-48-27-13-10-22-42(48)43-23-11-14-28-49(43)64)55(37-53(45)65)66-41-21-18-20-40(35-41)62-38-63(52-31-17-16-30-51(52)62)57-46(59(4,5)6)25-19-26-47(57)60(7,8)9;/h10-34,36H,1-9H3;/q-2;. The Bertz CT molecular complexity index is 3610. The molecule has 4 heterocycles. The zero-order chi connectivity index (χ0) is 45.7. The molecule has 7 aromatic carbocycles. The minimum absolute atomic E-state index is 0. The molecule has 6 nitrogen and oxygen atoms in total. The maximum Gasteiger partial charge on any atom is 0.268 e. The first-order valence-electron chi connectivity index (χ1n) is 22.9. The number of nitrogens with zero attached hydrogens (tertiary/aromatic N) is 5. The number of hydrogen-bond donors (Lipinski definition) is 0. The normalized spacial score (nSPS) is 12.4. The van der Waals surface area contributed by atoms with E-state index in [1.54, 1.807) is 0 Å². The molecule has 11 aromatic rings. The Morgan fingerprint density at radius 2 is 1.07 bits per heavy atom. The molecule has 0 unspecified atom stereocenters. The molecular formula is C60H53N5OPt-2. The van der Waals surface area contributed by atoms with Crippen LogP contribution in [0.5, 0.6) is 11.5 Å². The van der Waals surface area contributed by atoms with Crippen molar-refractivity contribution in [3.8, 4) is 34.4 Å². The second-order valence-corrected chi connectivity index (χ2v) is 20.6. The van der Waals surface area contributed by atoms with Crippen molar-refractivity contribution in [2.75, 3.05) is 0 Å². The van der Waals surface area contributed by atoms with Gasteiger partial charge in [-0.3, -0.25) is 4.57 Å². The monoisotopic (exact) mass is 1050 g/mol. The van der Waals surface area contributed by atoms with Crippen molar-refractivity contribution in [1.29, 1.82) is 0 Å². The van der Waals surface area contributed by atoms with Crippen LogP contribution in [0.15, 0.2) is 158 Å². The SMILES string of the molecule is CC(C)(C)c1ccnc(-n2c3[c-]c(Oc4[c-]c(-n5[c-][n+](-c6c(C(C)(C)C)cccc6C(C)(C)C)c6ccccc65)ccc4)c(-n4c5ccccc5c5ccccc54)cc3c3ccccc32)c1.[Pt]. The summed E-state index contributed by atoms with van der Waals surface area (Å²) in [5.41, 5.74) is 12.5. The molecular weight excluding hydrogens is 1000 g/mol. The number of fused-ring (bicyclic) bond motifs is 7. The Morgan fingerprint density at radius 1 is 0.522 bits per heavy atom. The molecule has 0 bridgehead atoms. The second-order valence-electron chi connectivity index (χ2n) is 20.6. The first-order chi connectivity index (χ1) is 31.6. The van der Waals surface area contributed by atoms with Crippen molar-refractivity contribution in [2.24, 2.45) is 0 Å². The van der Waals surface area contributed by atoms with Gasteiger partial charge in [0.1, 0.15) is 5.82 Å². The van der Waals surface area contributed by atoms with Crippen molar-refractivity contribution < 1.29 is 30.4 Å². The molecule has 11 rings (SSSR count). The van der Waals surface area contributed by atoms with Crippen molar-refractivity contribution in [2.45, 2.75) is 78.6 Å². The van der Waals surface area contributed by atoms with Gasteiger partial charge in [-0.25, -0.2) is 4.98 Å². The Labute approximate surface area is 407 Å². The van der Waals surface area contributed by atoms with Gasteiger partial charge in [-0.15, -0.1) is 24.3 Å². The number of para-hydroxylation sites is 6. The summed E-state index contributed by atoms with van der Waals surface area (Å²) < 4.78 is 16.1. The Kier molecular flexibility index (Phi) is 10.7. The number of aromatic nitrogens is 5. The summed E-state index contributed by atoms with van der Waals surface area (Å²) in [6.45, 7) is 20.4. The maximum absolute atomic E-state index is 7.20. The smallest absolute Gasteiger partial charge is 0.268 e. The van der Waals surface area contributed by atoms with Gasteiger partial charge in [-0.2, -0.15) is 12.1 Å².